The van der Waals surface area contributed by atoms with Crippen LogP contribution in [0.15, 0.2) is 18.2 Å². The Hall–Kier alpha value is -1.26. The Labute approximate surface area is 127 Å². The van der Waals surface area contributed by atoms with Crippen molar-refractivity contribution in [3.63, 3.8) is 0 Å². The van der Waals surface area contributed by atoms with Gasteiger partial charge in [0.15, 0.2) is 11.5 Å². The van der Waals surface area contributed by atoms with Gasteiger partial charge in [-0.1, -0.05) is 6.07 Å². The Bertz CT molecular complexity index is 506. The van der Waals surface area contributed by atoms with Gasteiger partial charge >= 0.3 is 0 Å². The van der Waals surface area contributed by atoms with Crippen molar-refractivity contribution in [2.45, 2.75) is 25.9 Å². The van der Waals surface area contributed by atoms with Gasteiger partial charge in [-0.2, -0.15) is 0 Å². The summed E-state index contributed by atoms with van der Waals surface area (Å²) >= 11 is 0. The highest BCUT2D eigenvalue weighted by Crippen LogP contribution is 2.39. The predicted molar refractivity (Wildman–Crippen MR) is 84.0 cm³/mol. The number of hydrogen-bond donors (Lipinski definition) is 1. The summed E-state index contributed by atoms with van der Waals surface area (Å²) in [5.41, 5.74) is 1.30. The van der Waals surface area contributed by atoms with Crippen LogP contribution >= 0.6 is 0 Å². The highest BCUT2D eigenvalue weighted by Gasteiger charge is 2.43. The number of benzene rings is 1. The Balaban J connectivity index is 1.80. The molecule has 1 N–H and O–H groups in total. The van der Waals surface area contributed by atoms with E-state index >= 15 is 0 Å². The minimum atomic E-state index is 0.408. The summed E-state index contributed by atoms with van der Waals surface area (Å²) < 4.78 is 10.8. The second-order valence-corrected chi connectivity index (χ2v) is 6.31. The molecule has 4 atom stereocenters. The predicted octanol–water partition coefficient (Wildman–Crippen LogP) is 2.30. The van der Waals surface area contributed by atoms with E-state index in [1.165, 1.54) is 25.2 Å². The molecule has 0 radical (unpaired) electrons. The zero-order valence-corrected chi connectivity index (χ0v) is 13.4. The monoisotopic (exact) mass is 290 g/mol. The highest BCUT2D eigenvalue weighted by molar-refractivity contribution is 5.43. The number of methoxy groups -OCH3 is 2. The van der Waals surface area contributed by atoms with Crippen molar-refractivity contribution >= 4 is 0 Å². The molecule has 3 rings (SSSR count). The third-order valence-electron chi connectivity index (χ3n) is 5.37. The minimum Gasteiger partial charge on any atom is -0.493 e. The van der Waals surface area contributed by atoms with Crippen molar-refractivity contribution in [3.05, 3.63) is 23.8 Å². The summed E-state index contributed by atoms with van der Waals surface area (Å²) in [6, 6.07) is 7.32. The maximum absolute atomic E-state index is 5.44. The molecule has 0 saturated carbocycles. The SMILES string of the molecule is COc1ccc(C(C)N2CC3CNCC3C2C)cc1OC. The van der Waals surface area contributed by atoms with Gasteiger partial charge in [-0.25, -0.2) is 0 Å². The maximum atomic E-state index is 5.44. The van der Waals surface area contributed by atoms with Crippen LogP contribution in [0.1, 0.15) is 25.5 Å². The molecule has 2 aliphatic rings. The van der Waals surface area contributed by atoms with E-state index in [9.17, 15) is 0 Å². The number of nitrogens with zero attached hydrogens (tertiary/aromatic N) is 1. The van der Waals surface area contributed by atoms with Crippen molar-refractivity contribution in [2.75, 3.05) is 33.9 Å². The lowest BCUT2D eigenvalue weighted by molar-refractivity contribution is 0.182. The molecule has 4 unspecified atom stereocenters. The summed E-state index contributed by atoms with van der Waals surface area (Å²) in [7, 11) is 3.37. The average Bonchev–Trinajstić information content (AvgIpc) is 3.09. The molecular weight excluding hydrogens is 264 g/mol. The molecule has 0 aromatic heterocycles. The Morgan fingerprint density at radius 1 is 1.19 bits per heavy atom. The highest BCUT2D eigenvalue weighted by atomic mass is 16.5. The molecule has 4 nitrogen and oxygen atoms in total. The van der Waals surface area contributed by atoms with Crippen LogP contribution in [-0.2, 0) is 0 Å². The van der Waals surface area contributed by atoms with E-state index in [-0.39, 0.29) is 0 Å². The number of ether oxygens (including phenoxy) is 2. The molecule has 2 saturated heterocycles. The van der Waals surface area contributed by atoms with Gasteiger partial charge in [0.2, 0.25) is 0 Å². The molecule has 0 bridgehead atoms. The summed E-state index contributed by atoms with van der Waals surface area (Å²) in [5.74, 6) is 3.22. The molecular formula is C17H26N2O2. The van der Waals surface area contributed by atoms with Gasteiger partial charge in [0.1, 0.15) is 0 Å². The van der Waals surface area contributed by atoms with Crippen LogP contribution in [0.3, 0.4) is 0 Å². The molecule has 2 fully saturated rings. The molecule has 4 heteroatoms. The Kier molecular flexibility index (Phi) is 4.09. The van der Waals surface area contributed by atoms with Gasteiger partial charge in [-0.05, 0) is 56.5 Å². The van der Waals surface area contributed by atoms with Crippen LogP contribution in [0, 0.1) is 11.8 Å². The van der Waals surface area contributed by atoms with Gasteiger partial charge in [0.05, 0.1) is 14.2 Å². The van der Waals surface area contributed by atoms with Crippen LogP contribution < -0.4 is 14.8 Å². The topological polar surface area (TPSA) is 33.7 Å². The lowest BCUT2D eigenvalue weighted by Gasteiger charge is -2.31. The van der Waals surface area contributed by atoms with E-state index in [1.54, 1.807) is 14.2 Å². The third-order valence-corrected chi connectivity index (χ3v) is 5.37. The fourth-order valence-electron chi connectivity index (χ4n) is 4.02. The van der Waals surface area contributed by atoms with Crippen molar-refractivity contribution in [1.29, 1.82) is 0 Å². The summed E-state index contributed by atoms with van der Waals surface area (Å²) in [4.78, 5) is 2.64. The number of likely N-dealkylation sites (tertiary alicyclic amines) is 1. The number of nitrogens with one attached hydrogen (secondary N) is 1. The summed E-state index contributed by atoms with van der Waals surface area (Å²) in [5, 5.41) is 3.52. The standard InChI is InChI=1S/C17H26N2O2/c1-11(13-5-6-16(20-3)17(7-13)21-4)19-10-14-8-18-9-15(14)12(19)2/h5-7,11-12,14-15,18H,8-10H2,1-4H3. The normalized spacial score (nSPS) is 30.2. The zero-order valence-electron chi connectivity index (χ0n) is 13.4. The zero-order chi connectivity index (χ0) is 15.0. The van der Waals surface area contributed by atoms with Crippen LogP contribution in [0.25, 0.3) is 0 Å². The fourth-order valence-corrected chi connectivity index (χ4v) is 4.02. The van der Waals surface area contributed by atoms with Crippen molar-refractivity contribution in [3.8, 4) is 11.5 Å². The molecule has 1 aromatic rings. The molecule has 21 heavy (non-hydrogen) atoms. The lowest BCUT2D eigenvalue weighted by Crippen LogP contribution is -2.35. The first-order valence-corrected chi connectivity index (χ1v) is 7.84. The molecule has 0 spiro atoms. The fraction of sp³-hybridized carbons (Fsp3) is 0.647. The minimum absolute atomic E-state index is 0.408. The molecule has 0 aliphatic carbocycles. The lowest BCUT2D eigenvalue weighted by atomic mass is 9.95. The van der Waals surface area contributed by atoms with Gasteiger partial charge in [-0.15, -0.1) is 0 Å². The average molecular weight is 290 g/mol. The van der Waals surface area contributed by atoms with E-state index in [4.69, 9.17) is 9.47 Å². The Morgan fingerprint density at radius 2 is 1.95 bits per heavy atom. The molecule has 116 valence electrons. The molecule has 1 aromatic carbocycles. The van der Waals surface area contributed by atoms with Gasteiger partial charge in [0.25, 0.3) is 0 Å². The number of fused-ring (bicyclic) bond motifs is 1. The molecule has 0 amide bonds. The van der Waals surface area contributed by atoms with Gasteiger partial charge in [-0.3, -0.25) is 4.90 Å². The van der Waals surface area contributed by atoms with E-state index in [1.807, 2.05) is 6.07 Å². The first-order chi connectivity index (χ1) is 10.2. The van der Waals surface area contributed by atoms with E-state index in [2.05, 4.69) is 36.2 Å². The van der Waals surface area contributed by atoms with Crippen molar-refractivity contribution in [2.24, 2.45) is 11.8 Å². The van der Waals surface area contributed by atoms with E-state index in [0.29, 0.717) is 12.1 Å². The smallest absolute Gasteiger partial charge is 0.161 e. The third kappa shape index (κ3) is 2.51. The second-order valence-electron chi connectivity index (χ2n) is 6.31. The number of hydrogen-bond acceptors (Lipinski definition) is 4. The molecule has 2 heterocycles. The van der Waals surface area contributed by atoms with Crippen LogP contribution in [0.4, 0.5) is 0 Å². The maximum Gasteiger partial charge on any atom is 0.161 e. The second kappa shape index (κ2) is 5.85. The van der Waals surface area contributed by atoms with Gasteiger partial charge in [0, 0.05) is 18.6 Å². The largest absolute Gasteiger partial charge is 0.493 e. The number of rotatable bonds is 4. The summed E-state index contributed by atoms with van der Waals surface area (Å²) in [6.07, 6.45) is 0. The van der Waals surface area contributed by atoms with E-state index < -0.39 is 0 Å². The van der Waals surface area contributed by atoms with Crippen LogP contribution in [-0.4, -0.2) is 44.8 Å². The van der Waals surface area contributed by atoms with Crippen molar-refractivity contribution < 1.29 is 9.47 Å². The van der Waals surface area contributed by atoms with E-state index in [0.717, 1.165) is 23.3 Å². The van der Waals surface area contributed by atoms with Crippen molar-refractivity contribution in [1.82, 2.24) is 10.2 Å². The summed E-state index contributed by atoms with van der Waals surface area (Å²) in [6.45, 7) is 8.20. The van der Waals surface area contributed by atoms with Crippen LogP contribution in [0.5, 0.6) is 11.5 Å². The quantitative estimate of drug-likeness (QED) is 0.922. The first-order valence-electron chi connectivity index (χ1n) is 7.84. The molecule has 2 aliphatic heterocycles. The van der Waals surface area contributed by atoms with Gasteiger partial charge < -0.3 is 14.8 Å². The Morgan fingerprint density at radius 3 is 2.62 bits per heavy atom. The first kappa shape index (κ1) is 14.7. The van der Waals surface area contributed by atoms with Crippen LogP contribution in [0.2, 0.25) is 0 Å².